The summed E-state index contributed by atoms with van der Waals surface area (Å²) in [4.78, 5) is 22.5. The van der Waals surface area contributed by atoms with Crippen LogP contribution in [-0.4, -0.2) is 48.0 Å². The van der Waals surface area contributed by atoms with Gasteiger partial charge >= 0.3 is 0 Å². The molecule has 0 bridgehead atoms. The second-order valence-corrected chi connectivity index (χ2v) is 9.30. The molecule has 1 aromatic carbocycles. The van der Waals surface area contributed by atoms with Gasteiger partial charge in [-0.3, -0.25) is 4.79 Å². The maximum atomic E-state index is 12.5. The van der Waals surface area contributed by atoms with Gasteiger partial charge in [-0.25, -0.2) is 13.4 Å². The van der Waals surface area contributed by atoms with Crippen molar-refractivity contribution < 1.29 is 13.2 Å². The van der Waals surface area contributed by atoms with Crippen LogP contribution in [0.25, 0.3) is 11.0 Å². The lowest BCUT2D eigenvalue weighted by atomic mass is 9.95. The number of carbonyl (C=O) groups is 1. The summed E-state index contributed by atoms with van der Waals surface area (Å²) in [6, 6.07) is 6.13. The maximum absolute atomic E-state index is 12.5. The smallest absolute Gasteiger partial charge is 0.223 e. The first kappa shape index (κ1) is 17.3. The largest absolute Gasteiger partial charge is 0.343 e. The molecular formula is C19H23N3O3S. The molecule has 6 nitrogen and oxygen atoms in total. The number of nitrogens with zero attached hydrogens (tertiary/aromatic N) is 2. The molecule has 0 saturated carbocycles. The lowest BCUT2D eigenvalue weighted by Crippen LogP contribution is -2.39. The number of hydrogen-bond acceptors (Lipinski definition) is 4. The van der Waals surface area contributed by atoms with Crippen molar-refractivity contribution in [3.63, 3.8) is 0 Å². The molecule has 1 atom stereocenters. The quantitative estimate of drug-likeness (QED) is 0.896. The Labute approximate surface area is 153 Å². The van der Waals surface area contributed by atoms with Gasteiger partial charge in [0.2, 0.25) is 5.91 Å². The zero-order valence-electron chi connectivity index (χ0n) is 14.8. The number of fused-ring (bicyclic) bond motifs is 1. The molecule has 0 aliphatic carbocycles. The first-order valence-electron chi connectivity index (χ1n) is 9.05. The number of para-hydroxylation sites is 1. The number of allylic oxidation sites excluding steroid dienone is 1. The van der Waals surface area contributed by atoms with E-state index in [0.29, 0.717) is 19.0 Å². The highest BCUT2D eigenvalue weighted by molar-refractivity contribution is 7.94. The Hall–Kier alpha value is -2.15. The Morgan fingerprint density at radius 3 is 2.73 bits per heavy atom. The number of aromatic nitrogens is 2. The topological polar surface area (TPSA) is 83.1 Å². The molecule has 3 heterocycles. The lowest BCUT2D eigenvalue weighted by molar-refractivity contribution is -0.132. The van der Waals surface area contributed by atoms with E-state index in [1.807, 2.05) is 17.0 Å². The van der Waals surface area contributed by atoms with Crippen LogP contribution in [0.4, 0.5) is 0 Å². The van der Waals surface area contributed by atoms with Crippen molar-refractivity contribution in [1.29, 1.82) is 0 Å². The van der Waals surface area contributed by atoms with Crippen molar-refractivity contribution in [2.45, 2.75) is 32.1 Å². The number of benzene rings is 1. The van der Waals surface area contributed by atoms with E-state index in [4.69, 9.17) is 4.98 Å². The highest BCUT2D eigenvalue weighted by Crippen LogP contribution is 2.29. The van der Waals surface area contributed by atoms with E-state index in [9.17, 15) is 13.2 Å². The number of likely N-dealkylation sites (tertiary alicyclic amines) is 1. The number of imidazole rings is 1. The fourth-order valence-corrected chi connectivity index (χ4v) is 5.31. The van der Waals surface area contributed by atoms with E-state index >= 15 is 0 Å². The molecular weight excluding hydrogens is 350 g/mol. The highest BCUT2D eigenvalue weighted by Gasteiger charge is 2.29. The van der Waals surface area contributed by atoms with Gasteiger partial charge in [0.05, 0.1) is 16.8 Å². The molecule has 4 rings (SSSR count). The highest BCUT2D eigenvalue weighted by atomic mass is 32.2. The van der Waals surface area contributed by atoms with Crippen molar-refractivity contribution in [1.82, 2.24) is 14.9 Å². The summed E-state index contributed by atoms with van der Waals surface area (Å²) in [5.74, 6) is 1.27. The zero-order valence-corrected chi connectivity index (χ0v) is 15.6. The van der Waals surface area contributed by atoms with Gasteiger partial charge in [-0.2, -0.15) is 0 Å². The van der Waals surface area contributed by atoms with Crippen molar-refractivity contribution >= 4 is 26.8 Å². The molecule has 2 aliphatic heterocycles. The minimum Gasteiger partial charge on any atom is -0.343 e. The third-order valence-corrected chi connectivity index (χ3v) is 6.87. The van der Waals surface area contributed by atoms with Gasteiger partial charge in [0.25, 0.3) is 0 Å². The Morgan fingerprint density at radius 1 is 1.31 bits per heavy atom. The van der Waals surface area contributed by atoms with E-state index in [2.05, 4.69) is 18.0 Å². The van der Waals surface area contributed by atoms with Crippen LogP contribution >= 0.6 is 0 Å². The predicted molar refractivity (Wildman–Crippen MR) is 100 cm³/mol. The maximum Gasteiger partial charge on any atom is 0.223 e. The number of aryl methyl sites for hydroxylation is 1. The van der Waals surface area contributed by atoms with Crippen LogP contribution in [0, 0.1) is 12.8 Å². The average molecular weight is 373 g/mol. The zero-order chi connectivity index (χ0) is 18.3. The van der Waals surface area contributed by atoms with Gasteiger partial charge in [0.1, 0.15) is 5.82 Å². The van der Waals surface area contributed by atoms with Crippen LogP contribution in [0.3, 0.4) is 0 Å². The molecule has 0 unspecified atom stereocenters. The first-order chi connectivity index (χ1) is 12.4. The third kappa shape index (κ3) is 3.40. The van der Waals surface area contributed by atoms with Crippen LogP contribution in [0.1, 0.15) is 36.6 Å². The number of aromatic amines is 1. The van der Waals surface area contributed by atoms with Crippen LogP contribution < -0.4 is 0 Å². The summed E-state index contributed by atoms with van der Waals surface area (Å²) in [6.07, 6.45) is 3.69. The Kier molecular flexibility index (Phi) is 4.34. The first-order valence-corrected chi connectivity index (χ1v) is 10.8. The van der Waals surface area contributed by atoms with Gasteiger partial charge in [-0.15, -0.1) is 0 Å². The average Bonchev–Trinajstić information content (AvgIpc) is 3.19. The predicted octanol–water partition coefficient (Wildman–Crippen LogP) is 2.53. The van der Waals surface area contributed by atoms with E-state index in [1.54, 1.807) is 6.08 Å². The van der Waals surface area contributed by atoms with Gasteiger partial charge < -0.3 is 9.88 Å². The summed E-state index contributed by atoms with van der Waals surface area (Å²) >= 11 is 0. The lowest BCUT2D eigenvalue weighted by Gasteiger charge is -2.31. The SMILES string of the molecule is Cc1cccc2[nH]c(C3CCN(C(=O)C[C@H]4C=CS(=O)(=O)C4)CC3)nc12. The molecule has 26 heavy (non-hydrogen) atoms. The Morgan fingerprint density at radius 2 is 2.08 bits per heavy atom. The van der Waals surface area contributed by atoms with Crippen molar-refractivity contribution in [2.24, 2.45) is 5.92 Å². The molecule has 1 aromatic heterocycles. The number of sulfone groups is 1. The second-order valence-electron chi connectivity index (χ2n) is 7.37. The van der Waals surface area contributed by atoms with Crippen LogP contribution in [0.5, 0.6) is 0 Å². The van der Waals surface area contributed by atoms with E-state index in [0.717, 1.165) is 35.3 Å². The molecule has 138 valence electrons. The summed E-state index contributed by atoms with van der Waals surface area (Å²) < 4.78 is 22.9. The Balaban J connectivity index is 1.37. The van der Waals surface area contributed by atoms with Crippen LogP contribution in [-0.2, 0) is 14.6 Å². The van der Waals surface area contributed by atoms with Gasteiger partial charge in [0.15, 0.2) is 9.84 Å². The number of hydrogen-bond donors (Lipinski definition) is 1. The summed E-state index contributed by atoms with van der Waals surface area (Å²) in [5.41, 5.74) is 3.25. The second kappa shape index (κ2) is 6.54. The van der Waals surface area contributed by atoms with E-state index in [-0.39, 0.29) is 24.0 Å². The number of carbonyl (C=O) groups excluding carboxylic acids is 1. The molecule has 1 fully saturated rings. The van der Waals surface area contributed by atoms with Crippen LogP contribution in [0.2, 0.25) is 0 Å². The fraction of sp³-hybridized carbons (Fsp3) is 0.474. The van der Waals surface area contributed by atoms with Gasteiger partial charge in [-0.05, 0) is 31.4 Å². The van der Waals surface area contributed by atoms with Crippen molar-refractivity contribution in [3.05, 3.63) is 41.1 Å². The molecule has 1 saturated heterocycles. The van der Waals surface area contributed by atoms with Crippen LogP contribution in [0.15, 0.2) is 29.7 Å². The fourth-order valence-electron chi connectivity index (χ4n) is 3.91. The minimum absolute atomic E-state index is 0.0515. The normalized spacial score (nSPS) is 23.0. The molecule has 1 N–H and O–H groups in total. The molecule has 2 aliphatic rings. The number of amides is 1. The molecule has 2 aromatic rings. The summed E-state index contributed by atoms with van der Waals surface area (Å²) in [7, 11) is -3.10. The van der Waals surface area contributed by atoms with Crippen molar-refractivity contribution in [3.8, 4) is 0 Å². The Bertz CT molecular complexity index is 969. The number of rotatable bonds is 3. The number of piperidine rings is 1. The third-order valence-electron chi connectivity index (χ3n) is 5.41. The molecule has 0 radical (unpaired) electrons. The summed E-state index contributed by atoms with van der Waals surface area (Å²) in [5, 5.41) is 1.24. The number of nitrogens with one attached hydrogen (secondary N) is 1. The summed E-state index contributed by atoms with van der Waals surface area (Å²) in [6.45, 7) is 3.46. The standard InChI is InChI=1S/C19H23N3O3S/c1-13-3-2-4-16-18(13)21-19(20-16)15-5-8-22(9-6-15)17(23)11-14-7-10-26(24,25)12-14/h2-4,7,10,14-15H,5-6,8-9,11-12H2,1H3,(H,20,21)/t14-/m1/s1. The monoisotopic (exact) mass is 373 g/mol. The molecule has 7 heteroatoms. The van der Waals surface area contributed by atoms with Gasteiger partial charge in [-0.1, -0.05) is 18.2 Å². The minimum atomic E-state index is -3.10. The van der Waals surface area contributed by atoms with E-state index in [1.165, 1.54) is 5.41 Å². The molecule has 0 spiro atoms. The van der Waals surface area contributed by atoms with Gasteiger partial charge in [0, 0.05) is 36.8 Å². The molecule has 1 amide bonds. The number of H-pyrrole nitrogens is 1. The van der Waals surface area contributed by atoms with E-state index < -0.39 is 9.84 Å². The van der Waals surface area contributed by atoms with Crippen molar-refractivity contribution in [2.75, 3.05) is 18.8 Å².